The number of carbonyl (C=O) groups is 1. The van der Waals surface area contributed by atoms with Crippen molar-refractivity contribution in [2.24, 2.45) is 11.8 Å². The van der Waals surface area contributed by atoms with Gasteiger partial charge in [0.25, 0.3) is 0 Å². The van der Waals surface area contributed by atoms with E-state index in [1.807, 2.05) is 0 Å². The van der Waals surface area contributed by atoms with Gasteiger partial charge in [-0.3, -0.25) is 9.69 Å². The number of carboxylic acids is 1. The quantitative estimate of drug-likeness (QED) is 0.891. The van der Waals surface area contributed by atoms with Crippen LogP contribution in [0.5, 0.6) is 0 Å². The molecule has 2 rings (SSSR count). The summed E-state index contributed by atoms with van der Waals surface area (Å²) in [6, 6.07) is 0. The minimum Gasteiger partial charge on any atom is -0.481 e. The third-order valence-electron chi connectivity index (χ3n) is 3.53. The Labute approximate surface area is 112 Å². The van der Waals surface area contributed by atoms with Crippen molar-refractivity contribution in [3.05, 3.63) is 16.1 Å². The predicted octanol–water partition coefficient (Wildman–Crippen LogP) is 2.42. The molecule has 100 valence electrons. The fourth-order valence-electron chi connectivity index (χ4n) is 2.15. The summed E-state index contributed by atoms with van der Waals surface area (Å²) >= 11 is 1.71. The van der Waals surface area contributed by atoms with E-state index >= 15 is 0 Å². The fourth-order valence-corrected chi connectivity index (χ4v) is 2.97. The van der Waals surface area contributed by atoms with Crippen molar-refractivity contribution in [1.29, 1.82) is 0 Å². The van der Waals surface area contributed by atoms with Gasteiger partial charge in [0, 0.05) is 30.9 Å². The van der Waals surface area contributed by atoms with E-state index in [4.69, 9.17) is 5.11 Å². The van der Waals surface area contributed by atoms with Crippen LogP contribution in [0, 0.1) is 11.8 Å². The molecule has 0 saturated carbocycles. The standard InChI is InChI=1S/C13H20N2O2S/c1-8(2)12-14-11(7-18-12)6-15-4-10(5-15)9(3)13(16)17/h7-10H,4-6H2,1-3H3,(H,16,17). The number of carboxylic acid groups (broad SMARTS) is 1. The molecule has 0 bridgehead atoms. The van der Waals surface area contributed by atoms with Gasteiger partial charge in [-0.05, 0) is 5.92 Å². The van der Waals surface area contributed by atoms with Gasteiger partial charge in [0.1, 0.15) is 0 Å². The van der Waals surface area contributed by atoms with Gasteiger partial charge in [0.2, 0.25) is 0 Å². The molecule has 18 heavy (non-hydrogen) atoms. The number of hydrogen-bond donors (Lipinski definition) is 1. The average molecular weight is 268 g/mol. The Kier molecular flexibility index (Phi) is 4.02. The van der Waals surface area contributed by atoms with Gasteiger partial charge in [0.15, 0.2) is 0 Å². The van der Waals surface area contributed by atoms with Gasteiger partial charge in [-0.25, -0.2) is 4.98 Å². The monoisotopic (exact) mass is 268 g/mol. The molecule has 0 spiro atoms. The van der Waals surface area contributed by atoms with Gasteiger partial charge >= 0.3 is 5.97 Å². The highest BCUT2D eigenvalue weighted by Crippen LogP contribution is 2.27. The van der Waals surface area contributed by atoms with Gasteiger partial charge < -0.3 is 5.11 Å². The molecule has 1 aliphatic rings. The maximum atomic E-state index is 10.8. The van der Waals surface area contributed by atoms with Crippen LogP contribution in [0.4, 0.5) is 0 Å². The molecule has 4 nitrogen and oxygen atoms in total. The normalized spacial score (nSPS) is 18.9. The molecule has 1 fully saturated rings. The number of aromatic nitrogens is 1. The summed E-state index contributed by atoms with van der Waals surface area (Å²) in [5.74, 6) is -0.135. The molecule has 5 heteroatoms. The molecule has 1 aromatic heterocycles. The first-order chi connectivity index (χ1) is 8.47. The van der Waals surface area contributed by atoms with Crippen molar-refractivity contribution in [3.63, 3.8) is 0 Å². The SMILES string of the molecule is CC(C)c1nc(CN2CC(C(C)C(=O)O)C2)cs1. The second-order valence-electron chi connectivity index (χ2n) is 5.41. The van der Waals surface area contributed by atoms with Crippen molar-refractivity contribution >= 4 is 17.3 Å². The van der Waals surface area contributed by atoms with Gasteiger partial charge in [-0.2, -0.15) is 0 Å². The molecule has 1 N–H and O–H groups in total. The summed E-state index contributed by atoms with van der Waals surface area (Å²) in [5, 5.41) is 12.2. The minimum absolute atomic E-state index is 0.233. The number of likely N-dealkylation sites (tertiary alicyclic amines) is 1. The molecule has 1 aliphatic heterocycles. The number of nitrogens with zero attached hydrogens (tertiary/aromatic N) is 2. The first-order valence-corrected chi connectivity index (χ1v) is 7.24. The van der Waals surface area contributed by atoms with E-state index < -0.39 is 5.97 Å². The first kappa shape index (κ1) is 13.5. The zero-order chi connectivity index (χ0) is 13.3. The van der Waals surface area contributed by atoms with E-state index in [0.717, 1.165) is 25.3 Å². The highest BCUT2D eigenvalue weighted by Gasteiger charge is 2.34. The van der Waals surface area contributed by atoms with Crippen molar-refractivity contribution in [2.45, 2.75) is 33.2 Å². The summed E-state index contributed by atoms with van der Waals surface area (Å²) < 4.78 is 0. The van der Waals surface area contributed by atoms with Crippen molar-refractivity contribution in [1.82, 2.24) is 9.88 Å². The predicted molar refractivity (Wildman–Crippen MR) is 71.8 cm³/mol. The highest BCUT2D eigenvalue weighted by molar-refractivity contribution is 7.09. The largest absolute Gasteiger partial charge is 0.481 e. The highest BCUT2D eigenvalue weighted by atomic mass is 32.1. The lowest BCUT2D eigenvalue weighted by atomic mass is 9.87. The Morgan fingerprint density at radius 2 is 2.22 bits per heavy atom. The van der Waals surface area contributed by atoms with E-state index in [1.165, 1.54) is 5.01 Å². The first-order valence-electron chi connectivity index (χ1n) is 6.36. The summed E-state index contributed by atoms with van der Waals surface area (Å²) in [5.41, 5.74) is 1.12. The Bertz CT molecular complexity index is 424. The lowest BCUT2D eigenvalue weighted by Gasteiger charge is -2.40. The smallest absolute Gasteiger partial charge is 0.306 e. The van der Waals surface area contributed by atoms with Crippen LogP contribution in [0.2, 0.25) is 0 Å². The Balaban J connectivity index is 1.81. The molecule has 0 aliphatic carbocycles. The van der Waals surface area contributed by atoms with Crippen LogP contribution >= 0.6 is 11.3 Å². The van der Waals surface area contributed by atoms with Crippen LogP contribution < -0.4 is 0 Å². The van der Waals surface area contributed by atoms with Gasteiger partial charge in [-0.15, -0.1) is 11.3 Å². The van der Waals surface area contributed by atoms with Crippen LogP contribution in [-0.4, -0.2) is 34.0 Å². The third kappa shape index (κ3) is 2.90. The number of hydrogen-bond acceptors (Lipinski definition) is 4. The fraction of sp³-hybridized carbons (Fsp3) is 0.692. The molecule has 0 radical (unpaired) electrons. The van der Waals surface area contributed by atoms with Gasteiger partial charge in [-0.1, -0.05) is 20.8 Å². The minimum atomic E-state index is -0.685. The topological polar surface area (TPSA) is 53.4 Å². The zero-order valence-corrected chi connectivity index (χ0v) is 11.9. The molecule has 1 unspecified atom stereocenters. The van der Waals surface area contributed by atoms with E-state index in [9.17, 15) is 4.79 Å². The lowest BCUT2D eigenvalue weighted by Crippen LogP contribution is -2.50. The van der Waals surface area contributed by atoms with Crippen LogP contribution in [0.1, 0.15) is 37.4 Å². The van der Waals surface area contributed by atoms with Crippen LogP contribution in [0.15, 0.2) is 5.38 Å². The number of rotatable bonds is 5. The third-order valence-corrected chi connectivity index (χ3v) is 4.73. The zero-order valence-electron chi connectivity index (χ0n) is 11.1. The maximum absolute atomic E-state index is 10.8. The molecule has 1 atom stereocenters. The molecular weight excluding hydrogens is 248 g/mol. The van der Waals surface area contributed by atoms with Crippen LogP contribution in [0.3, 0.4) is 0 Å². The average Bonchev–Trinajstić information content (AvgIpc) is 2.70. The van der Waals surface area contributed by atoms with Crippen LogP contribution in [-0.2, 0) is 11.3 Å². The number of aliphatic carboxylic acids is 1. The van der Waals surface area contributed by atoms with Crippen molar-refractivity contribution in [2.75, 3.05) is 13.1 Å². The van der Waals surface area contributed by atoms with E-state index in [0.29, 0.717) is 11.8 Å². The molecule has 0 aromatic carbocycles. The summed E-state index contributed by atoms with van der Waals surface area (Å²) in [6.45, 7) is 8.70. The van der Waals surface area contributed by atoms with Crippen molar-refractivity contribution < 1.29 is 9.90 Å². The summed E-state index contributed by atoms with van der Waals surface area (Å²) in [7, 11) is 0. The Morgan fingerprint density at radius 3 is 2.72 bits per heavy atom. The van der Waals surface area contributed by atoms with Crippen LogP contribution in [0.25, 0.3) is 0 Å². The molecular formula is C13H20N2O2S. The maximum Gasteiger partial charge on any atom is 0.306 e. The second kappa shape index (κ2) is 5.36. The van der Waals surface area contributed by atoms with E-state index in [1.54, 1.807) is 18.3 Å². The Morgan fingerprint density at radius 1 is 1.56 bits per heavy atom. The van der Waals surface area contributed by atoms with E-state index in [-0.39, 0.29) is 5.92 Å². The molecule has 1 aromatic rings. The lowest BCUT2D eigenvalue weighted by molar-refractivity contribution is -0.145. The van der Waals surface area contributed by atoms with Gasteiger partial charge in [0.05, 0.1) is 16.6 Å². The second-order valence-corrected chi connectivity index (χ2v) is 6.30. The number of thiazole rings is 1. The summed E-state index contributed by atoms with van der Waals surface area (Å²) in [4.78, 5) is 17.7. The summed E-state index contributed by atoms with van der Waals surface area (Å²) in [6.07, 6.45) is 0. The molecule has 2 heterocycles. The molecule has 0 amide bonds. The van der Waals surface area contributed by atoms with Crippen molar-refractivity contribution in [3.8, 4) is 0 Å². The molecule has 1 saturated heterocycles. The Hall–Kier alpha value is -0.940. The van der Waals surface area contributed by atoms with E-state index in [2.05, 4.69) is 29.1 Å².